The standard InChI is InChI=1S/C14H10BrF2NO/c1-8-2-4-10(12(16)6-8)14(19)18-9-3-5-11(15)13(17)7-9/h2-7H,1H3,(H,18,19). The molecule has 5 heteroatoms. The molecule has 0 radical (unpaired) electrons. The number of benzene rings is 2. The molecule has 0 saturated heterocycles. The van der Waals surface area contributed by atoms with Crippen LogP contribution < -0.4 is 5.32 Å². The molecule has 2 nitrogen and oxygen atoms in total. The molecule has 2 aromatic rings. The van der Waals surface area contributed by atoms with Crippen LogP contribution in [0.1, 0.15) is 15.9 Å². The summed E-state index contributed by atoms with van der Waals surface area (Å²) in [5, 5.41) is 2.45. The van der Waals surface area contributed by atoms with E-state index in [1.165, 1.54) is 24.3 Å². The first-order chi connectivity index (χ1) is 8.97. The van der Waals surface area contributed by atoms with E-state index in [4.69, 9.17) is 0 Å². The molecule has 19 heavy (non-hydrogen) atoms. The zero-order valence-electron chi connectivity index (χ0n) is 10.0. The van der Waals surface area contributed by atoms with E-state index in [1.807, 2.05) is 0 Å². The summed E-state index contributed by atoms with van der Waals surface area (Å²) in [6.07, 6.45) is 0. The van der Waals surface area contributed by atoms with Gasteiger partial charge in [0.25, 0.3) is 5.91 Å². The molecule has 0 aliphatic rings. The number of nitrogens with one attached hydrogen (secondary N) is 1. The predicted molar refractivity (Wildman–Crippen MR) is 73.2 cm³/mol. The number of anilines is 1. The van der Waals surface area contributed by atoms with Gasteiger partial charge in [0, 0.05) is 5.69 Å². The number of hydrogen-bond acceptors (Lipinski definition) is 1. The molecule has 0 spiro atoms. The first kappa shape index (κ1) is 13.7. The lowest BCUT2D eigenvalue weighted by Crippen LogP contribution is -2.14. The van der Waals surface area contributed by atoms with Crippen molar-refractivity contribution < 1.29 is 13.6 Å². The predicted octanol–water partition coefficient (Wildman–Crippen LogP) is 4.29. The molecule has 0 aliphatic heterocycles. The zero-order valence-corrected chi connectivity index (χ0v) is 11.6. The fraction of sp³-hybridized carbons (Fsp3) is 0.0714. The van der Waals surface area contributed by atoms with Crippen molar-refractivity contribution >= 4 is 27.5 Å². The highest BCUT2D eigenvalue weighted by Crippen LogP contribution is 2.20. The smallest absolute Gasteiger partial charge is 0.258 e. The van der Waals surface area contributed by atoms with Gasteiger partial charge in [-0.05, 0) is 58.7 Å². The minimum absolute atomic E-state index is 0.0751. The van der Waals surface area contributed by atoms with Crippen LogP contribution in [0.3, 0.4) is 0 Å². The minimum Gasteiger partial charge on any atom is -0.322 e. The second-order valence-corrected chi connectivity index (χ2v) is 4.92. The van der Waals surface area contributed by atoms with E-state index in [9.17, 15) is 13.6 Å². The average molecular weight is 326 g/mol. The number of rotatable bonds is 2. The third kappa shape index (κ3) is 3.17. The molecule has 98 valence electrons. The summed E-state index contributed by atoms with van der Waals surface area (Å²) in [6.45, 7) is 1.73. The van der Waals surface area contributed by atoms with Crippen LogP contribution >= 0.6 is 15.9 Å². The van der Waals surface area contributed by atoms with Gasteiger partial charge in [0.15, 0.2) is 0 Å². The summed E-state index contributed by atoms with van der Waals surface area (Å²) >= 11 is 3.01. The quantitative estimate of drug-likeness (QED) is 0.876. The highest BCUT2D eigenvalue weighted by Gasteiger charge is 2.12. The monoisotopic (exact) mass is 325 g/mol. The molecule has 0 fully saturated rings. The Kier molecular flexibility index (Phi) is 3.95. The van der Waals surface area contributed by atoms with Crippen LogP contribution in [0.15, 0.2) is 40.9 Å². The molecule has 2 aromatic carbocycles. The molecule has 0 heterocycles. The molecule has 0 aromatic heterocycles. The number of hydrogen-bond donors (Lipinski definition) is 1. The van der Waals surface area contributed by atoms with Gasteiger partial charge in [-0.3, -0.25) is 4.79 Å². The van der Waals surface area contributed by atoms with E-state index in [2.05, 4.69) is 21.2 Å². The molecule has 0 atom stereocenters. The Balaban J connectivity index is 2.23. The van der Waals surface area contributed by atoms with Crippen molar-refractivity contribution in [3.63, 3.8) is 0 Å². The number of amides is 1. The largest absolute Gasteiger partial charge is 0.322 e. The molecule has 1 amide bonds. The fourth-order valence-corrected chi connectivity index (χ4v) is 1.82. The first-order valence-electron chi connectivity index (χ1n) is 5.50. The van der Waals surface area contributed by atoms with Crippen molar-refractivity contribution in [2.45, 2.75) is 6.92 Å². The van der Waals surface area contributed by atoms with Crippen molar-refractivity contribution in [3.05, 3.63) is 63.6 Å². The average Bonchev–Trinajstić information content (AvgIpc) is 2.33. The summed E-state index contributed by atoms with van der Waals surface area (Å²) in [4.78, 5) is 11.9. The van der Waals surface area contributed by atoms with E-state index in [0.29, 0.717) is 4.47 Å². The Morgan fingerprint density at radius 1 is 1.11 bits per heavy atom. The second kappa shape index (κ2) is 5.48. The fourth-order valence-electron chi connectivity index (χ4n) is 1.58. The maximum atomic E-state index is 13.6. The molecule has 1 N–H and O–H groups in total. The molecule has 0 saturated carbocycles. The van der Waals surface area contributed by atoms with Crippen LogP contribution in [-0.2, 0) is 0 Å². The van der Waals surface area contributed by atoms with Crippen LogP contribution in [0.5, 0.6) is 0 Å². The molecule has 0 bridgehead atoms. The van der Waals surface area contributed by atoms with Gasteiger partial charge in [0.1, 0.15) is 11.6 Å². The van der Waals surface area contributed by atoms with E-state index in [-0.39, 0.29) is 11.3 Å². The SMILES string of the molecule is Cc1ccc(C(=O)Nc2ccc(Br)c(F)c2)c(F)c1. The molecule has 0 unspecified atom stereocenters. The third-order valence-corrected chi connectivity index (χ3v) is 3.19. The van der Waals surface area contributed by atoms with Crippen LogP contribution in [0.25, 0.3) is 0 Å². The summed E-state index contributed by atoms with van der Waals surface area (Å²) < 4.78 is 27.2. The van der Waals surface area contributed by atoms with Gasteiger partial charge < -0.3 is 5.32 Å². The van der Waals surface area contributed by atoms with Crippen molar-refractivity contribution in [1.82, 2.24) is 0 Å². The summed E-state index contributed by atoms with van der Waals surface area (Å²) in [5.74, 6) is -1.71. The Morgan fingerprint density at radius 2 is 1.84 bits per heavy atom. The van der Waals surface area contributed by atoms with Crippen LogP contribution in [0.2, 0.25) is 0 Å². The zero-order chi connectivity index (χ0) is 14.0. The lowest BCUT2D eigenvalue weighted by atomic mass is 10.1. The van der Waals surface area contributed by atoms with Gasteiger partial charge in [-0.25, -0.2) is 8.78 Å². The molecule has 0 aliphatic carbocycles. The summed E-state index contributed by atoms with van der Waals surface area (Å²) in [7, 11) is 0. The number of carbonyl (C=O) groups is 1. The molecule has 2 rings (SSSR count). The molecular formula is C14H10BrF2NO. The Labute approximate surface area is 117 Å². The maximum Gasteiger partial charge on any atom is 0.258 e. The normalized spacial score (nSPS) is 10.3. The Morgan fingerprint density at radius 3 is 2.47 bits per heavy atom. The number of aryl methyl sites for hydroxylation is 1. The van der Waals surface area contributed by atoms with Crippen molar-refractivity contribution in [2.24, 2.45) is 0 Å². The topological polar surface area (TPSA) is 29.1 Å². The third-order valence-electron chi connectivity index (χ3n) is 2.55. The Hall–Kier alpha value is -1.75. The lowest BCUT2D eigenvalue weighted by Gasteiger charge is -2.07. The van der Waals surface area contributed by atoms with E-state index >= 15 is 0 Å². The Bertz CT molecular complexity index is 643. The van der Waals surface area contributed by atoms with Gasteiger partial charge in [-0.2, -0.15) is 0 Å². The van der Waals surface area contributed by atoms with E-state index in [1.54, 1.807) is 13.0 Å². The van der Waals surface area contributed by atoms with Gasteiger partial charge in [0.2, 0.25) is 0 Å². The van der Waals surface area contributed by atoms with Gasteiger partial charge in [-0.15, -0.1) is 0 Å². The van der Waals surface area contributed by atoms with Crippen LogP contribution in [0.4, 0.5) is 14.5 Å². The van der Waals surface area contributed by atoms with Crippen LogP contribution in [0, 0.1) is 18.6 Å². The summed E-state index contributed by atoms with van der Waals surface area (Å²) in [5.41, 5.74) is 0.920. The van der Waals surface area contributed by atoms with E-state index < -0.39 is 17.5 Å². The molecular weight excluding hydrogens is 316 g/mol. The first-order valence-corrected chi connectivity index (χ1v) is 6.29. The highest BCUT2D eigenvalue weighted by atomic mass is 79.9. The summed E-state index contributed by atoms with van der Waals surface area (Å²) in [6, 6.07) is 8.47. The van der Waals surface area contributed by atoms with Gasteiger partial charge in [0.05, 0.1) is 10.0 Å². The number of halogens is 3. The minimum atomic E-state index is -0.612. The second-order valence-electron chi connectivity index (χ2n) is 4.07. The van der Waals surface area contributed by atoms with Gasteiger partial charge >= 0.3 is 0 Å². The number of carbonyl (C=O) groups excluding carboxylic acids is 1. The van der Waals surface area contributed by atoms with Crippen molar-refractivity contribution in [2.75, 3.05) is 5.32 Å². The lowest BCUT2D eigenvalue weighted by molar-refractivity contribution is 0.102. The van der Waals surface area contributed by atoms with Gasteiger partial charge in [-0.1, -0.05) is 6.07 Å². The van der Waals surface area contributed by atoms with Crippen molar-refractivity contribution in [3.8, 4) is 0 Å². The van der Waals surface area contributed by atoms with Crippen molar-refractivity contribution in [1.29, 1.82) is 0 Å². The highest BCUT2D eigenvalue weighted by molar-refractivity contribution is 9.10. The maximum absolute atomic E-state index is 13.6. The van der Waals surface area contributed by atoms with E-state index in [0.717, 1.165) is 11.6 Å². The van der Waals surface area contributed by atoms with Crippen LogP contribution in [-0.4, -0.2) is 5.91 Å².